The van der Waals surface area contributed by atoms with Gasteiger partial charge in [0.1, 0.15) is 5.15 Å². The summed E-state index contributed by atoms with van der Waals surface area (Å²) >= 11 is 5.83. The average Bonchev–Trinajstić information content (AvgIpc) is 2.48. The first-order chi connectivity index (χ1) is 9.72. The summed E-state index contributed by atoms with van der Waals surface area (Å²) < 4.78 is 0. The molecule has 0 radical (unpaired) electrons. The van der Waals surface area contributed by atoms with E-state index in [1.54, 1.807) is 0 Å². The van der Waals surface area contributed by atoms with E-state index in [0.29, 0.717) is 5.15 Å². The second-order valence-electron chi connectivity index (χ2n) is 5.15. The van der Waals surface area contributed by atoms with E-state index in [1.807, 2.05) is 18.3 Å². The maximum absolute atomic E-state index is 5.83. The molecule has 3 nitrogen and oxygen atoms in total. The van der Waals surface area contributed by atoms with Crippen LogP contribution < -0.4 is 9.80 Å². The number of piperazine rings is 1. The Morgan fingerprint density at radius 1 is 0.950 bits per heavy atom. The highest BCUT2D eigenvalue weighted by Gasteiger charge is 2.17. The van der Waals surface area contributed by atoms with Gasteiger partial charge in [-0.3, -0.25) is 0 Å². The maximum Gasteiger partial charge on any atom is 0.129 e. The van der Waals surface area contributed by atoms with E-state index in [0.717, 1.165) is 31.9 Å². The van der Waals surface area contributed by atoms with E-state index in [4.69, 9.17) is 11.6 Å². The molecule has 1 saturated heterocycles. The SMILES string of the molecule is Cc1cccc(N2CCN(c3ccc(Cl)nc3)CC2)c1. The number of hydrogen-bond donors (Lipinski definition) is 0. The predicted octanol–water partition coefficient (Wildman–Crippen LogP) is 3.37. The van der Waals surface area contributed by atoms with Gasteiger partial charge < -0.3 is 9.80 Å². The number of benzene rings is 1. The van der Waals surface area contributed by atoms with Gasteiger partial charge in [-0.05, 0) is 36.8 Å². The van der Waals surface area contributed by atoms with Crippen molar-refractivity contribution in [1.82, 2.24) is 4.98 Å². The number of aromatic nitrogens is 1. The van der Waals surface area contributed by atoms with Gasteiger partial charge in [-0.1, -0.05) is 23.7 Å². The first-order valence-electron chi connectivity index (χ1n) is 6.90. The van der Waals surface area contributed by atoms with Crippen molar-refractivity contribution in [1.29, 1.82) is 0 Å². The van der Waals surface area contributed by atoms with Crippen molar-refractivity contribution in [3.05, 3.63) is 53.3 Å². The second-order valence-corrected chi connectivity index (χ2v) is 5.54. The van der Waals surface area contributed by atoms with Crippen molar-refractivity contribution in [3.63, 3.8) is 0 Å². The lowest BCUT2D eigenvalue weighted by Crippen LogP contribution is -2.46. The molecule has 0 aliphatic carbocycles. The Hall–Kier alpha value is -1.74. The number of rotatable bonds is 2. The van der Waals surface area contributed by atoms with Crippen molar-refractivity contribution >= 4 is 23.0 Å². The number of hydrogen-bond acceptors (Lipinski definition) is 3. The molecular weight excluding hydrogens is 270 g/mol. The highest BCUT2D eigenvalue weighted by atomic mass is 35.5. The minimum atomic E-state index is 0.548. The third-order valence-corrected chi connectivity index (χ3v) is 3.95. The van der Waals surface area contributed by atoms with Crippen LogP contribution in [0.5, 0.6) is 0 Å². The molecule has 0 unspecified atom stereocenters. The number of halogens is 1. The summed E-state index contributed by atoms with van der Waals surface area (Å²) in [5, 5.41) is 0.548. The third kappa shape index (κ3) is 2.88. The van der Waals surface area contributed by atoms with Gasteiger partial charge in [0.15, 0.2) is 0 Å². The van der Waals surface area contributed by atoms with E-state index >= 15 is 0 Å². The Kier molecular flexibility index (Phi) is 3.79. The molecule has 0 saturated carbocycles. The van der Waals surface area contributed by atoms with Crippen molar-refractivity contribution in [2.75, 3.05) is 36.0 Å². The van der Waals surface area contributed by atoms with E-state index in [9.17, 15) is 0 Å². The number of nitrogens with zero attached hydrogens (tertiary/aromatic N) is 3. The molecule has 0 spiro atoms. The van der Waals surface area contributed by atoms with Crippen molar-refractivity contribution in [2.24, 2.45) is 0 Å². The van der Waals surface area contributed by atoms with Gasteiger partial charge in [-0.15, -0.1) is 0 Å². The topological polar surface area (TPSA) is 19.4 Å². The zero-order valence-corrected chi connectivity index (χ0v) is 12.3. The van der Waals surface area contributed by atoms with Gasteiger partial charge in [-0.25, -0.2) is 4.98 Å². The molecule has 4 heteroatoms. The van der Waals surface area contributed by atoms with Gasteiger partial charge in [0.25, 0.3) is 0 Å². The largest absolute Gasteiger partial charge is 0.368 e. The summed E-state index contributed by atoms with van der Waals surface area (Å²) in [6.45, 7) is 6.23. The summed E-state index contributed by atoms with van der Waals surface area (Å²) in [4.78, 5) is 8.95. The van der Waals surface area contributed by atoms with Crippen LogP contribution in [0.25, 0.3) is 0 Å². The monoisotopic (exact) mass is 287 g/mol. The summed E-state index contributed by atoms with van der Waals surface area (Å²) in [6, 6.07) is 12.6. The van der Waals surface area contributed by atoms with Gasteiger partial charge in [0.2, 0.25) is 0 Å². The van der Waals surface area contributed by atoms with E-state index in [-0.39, 0.29) is 0 Å². The Morgan fingerprint density at radius 2 is 1.65 bits per heavy atom. The van der Waals surface area contributed by atoms with Gasteiger partial charge in [-0.2, -0.15) is 0 Å². The lowest BCUT2D eigenvalue weighted by atomic mass is 10.2. The van der Waals surface area contributed by atoms with Crippen LogP contribution in [-0.2, 0) is 0 Å². The van der Waals surface area contributed by atoms with Crippen molar-refractivity contribution in [3.8, 4) is 0 Å². The molecule has 104 valence electrons. The zero-order valence-electron chi connectivity index (χ0n) is 11.6. The van der Waals surface area contributed by atoms with Crippen LogP contribution in [0, 0.1) is 6.92 Å². The normalized spacial score (nSPS) is 15.5. The summed E-state index contributed by atoms with van der Waals surface area (Å²) in [5.74, 6) is 0. The van der Waals surface area contributed by atoms with E-state index < -0.39 is 0 Å². The van der Waals surface area contributed by atoms with Crippen LogP contribution in [0.2, 0.25) is 5.15 Å². The van der Waals surface area contributed by atoms with Crippen LogP contribution in [0.3, 0.4) is 0 Å². The molecule has 2 aromatic rings. The van der Waals surface area contributed by atoms with Crippen LogP contribution in [-0.4, -0.2) is 31.2 Å². The Labute approximate surface area is 124 Å². The molecule has 0 atom stereocenters. The Morgan fingerprint density at radius 3 is 2.25 bits per heavy atom. The van der Waals surface area contributed by atoms with Crippen LogP contribution in [0.4, 0.5) is 11.4 Å². The minimum Gasteiger partial charge on any atom is -0.368 e. The minimum absolute atomic E-state index is 0.548. The van der Waals surface area contributed by atoms with E-state index in [1.165, 1.54) is 11.3 Å². The fraction of sp³-hybridized carbons (Fsp3) is 0.312. The molecular formula is C16H18ClN3. The molecule has 1 aromatic heterocycles. The Bertz CT molecular complexity index is 575. The fourth-order valence-electron chi connectivity index (χ4n) is 2.60. The highest BCUT2D eigenvalue weighted by molar-refractivity contribution is 6.29. The molecule has 1 aliphatic rings. The van der Waals surface area contributed by atoms with Crippen LogP contribution in [0.15, 0.2) is 42.6 Å². The quantitative estimate of drug-likeness (QED) is 0.790. The summed E-state index contributed by atoms with van der Waals surface area (Å²) in [6.07, 6.45) is 1.85. The summed E-state index contributed by atoms with van der Waals surface area (Å²) in [5.41, 5.74) is 3.78. The molecule has 1 aromatic carbocycles. The predicted molar refractivity (Wildman–Crippen MR) is 84.9 cm³/mol. The van der Waals surface area contributed by atoms with Gasteiger partial charge >= 0.3 is 0 Å². The molecule has 1 aliphatic heterocycles. The molecule has 2 heterocycles. The number of aryl methyl sites for hydroxylation is 1. The third-order valence-electron chi connectivity index (χ3n) is 3.72. The van der Waals surface area contributed by atoms with Gasteiger partial charge in [0.05, 0.1) is 11.9 Å². The smallest absolute Gasteiger partial charge is 0.129 e. The molecule has 20 heavy (non-hydrogen) atoms. The number of anilines is 2. The van der Waals surface area contributed by atoms with Crippen molar-refractivity contribution in [2.45, 2.75) is 6.92 Å². The van der Waals surface area contributed by atoms with E-state index in [2.05, 4.69) is 46.0 Å². The molecule has 0 N–H and O–H groups in total. The lowest BCUT2D eigenvalue weighted by molar-refractivity contribution is 0.652. The second kappa shape index (κ2) is 5.71. The molecule has 1 fully saturated rings. The Balaban J connectivity index is 1.66. The molecule has 3 rings (SSSR count). The van der Waals surface area contributed by atoms with Crippen molar-refractivity contribution < 1.29 is 0 Å². The van der Waals surface area contributed by atoms with Crippen LogP contribution in [0.1, 0.15) is 5.56 Å². The summed E-state index contributed by atoms with van der Waals surface area (Å²) in [7, 11) is 0. The fourth-order valence-corrected chi connectivity index (χ4v) is 2.71. The highest BCUT2D eigenvalue weighted by Crippen LogP contribution is 2.21. The molecule has 0 amide bonds. The lowest BCUT2D eigenvalue weighted by Gasteiger charge is -2.37. The molecule has 0 bridgehead atoms. The van der Waals surface area contributed by atoms with Gasteiger partial charge in [0, 0.05) is 31.9 Å². The first-order valence-corrected chi connectivity index (χ1v) is 7.28. The van der Waals surface area contributed by atoms with Crippen LogP contribution >= 0.6 is 11.6 Å². The standard InChI is InChI=1S/C16H18ClN3/c1-13-3-2-4-14(11-13)19-7-9-20(10-8-19)15-5-6-16(17)18-12-15/h2-6,11-12H,7-10H2,1H3. The zero-order chi connectivity index (χ0) is 13.9. The average molecular weight is 288 g/mol. The maximum atomic E-state index is 5.83. The number of pyridine rings is 1. The first kappa shape index (κ1) is 13.3.